The molecule has 1 atom stereocenters. The minimum atomic E-state index is -4.87. The predicted molar refractivity (Wildman–Crippen MR) is 344 cm³/mol. The van der Waals surface area contributed by atoms with Crippen LogP contribution in [-0.4, -0.2) is 87.1 Å². The standard InChI is InChI=1S/2C24H20F3N3O3.C22H16F3NO5S/c1-14-7-9-30(13-14)22-11-16(6-8-28-22)15-2-4-20-18(10-15)23(31)29-19-12-17(33-24(25,26)27)3-5-21(19)32-20;25-24(26,27)33-17-5-7-21-19(14-17)29-23(31)18-12-15(4-6-20(18)32-21)16-8-9-28-22(13-16)30-10-2-1-3-11-30;1-2-32(28,29)16-5-3-4-13(10-16)14-6-8-19-17(11-14)21(27)26-18-12-15(31-22(23,24)25)7-9-20(18)30-19/h2-6,8,10-12,14H,7,9,13H2,1H3,(H,29,31);4-9,12-14H,1-3,10-11H2,(H,29,31);3-12H,2H2,1H3,(H,26,27)/t14-;;/m0../s1. The molecule has 2 aromatic heterocycles. The molecular formula is C70H56F9N7O11S. The van der Waals surface area contributed by atoms with Crippen molar-refractivity contribution in [3.8, 4) is 85.1 Å². The number of nitrogens with zero attached hydrogens (tertiary/aromatic N) is 4. The van der Waals surface area contributed by atoms with Crippen LogP contribution in [0.2, 0.25) is 0 Å². The Hall–Kier alpha value is -11.0. The minimum absolute atomic E-state index is 0.0190. The number of hydrogen-bond acceptors (Lipinski definition) is 15. The van der Waals surface area contributed by atoms with Crippen molar-refractivity contribution >= 4 is 56.3 Å². The third-order valence-corrected chi connectivity index (χ3v) is 17.9. The number of aromatic nitrogens is 2. The summed E-state index contributed by atoms with van der Waals surface area (Å²) < 4.78 is 166. The van der Waals surface area contributed by atoms with Gasteiger partial charge in [0, 0.05) is 56.8 Å². The zero-order valence-corrected chi connectivity index (χ0v) is 52.5. The van der Waals surface area contributed by atoms with Gasteiger partial charge in [-0.3, -0.25) is 14.4 Å². The lowest BCUT2D eigenvalue weighted by Gasteiger charge is -2.28. The highest BCUT2D eigenvalue weighted by Gasteiger charge is 2.35. The first kappa shape index (κ1) is 67.0. The average molecular weight is 1370 g/mol. The summed E-state index contributed by atoms with van der Waals surface area (Å²) in [6.45, 7) is 7.61. The fourth-order valence-electron chi connectivity index (χ4n) is 11.4. The molecule has 7 heterocycles. The van der Waals surface area contributed by atoms with Crippen LogP contribution in [0.5, 0.6) is 51.7 Å². The monoisotopic (exact) mass is 1370 g/mol. The smallest absolute Gasteiger partial charge is 0.454 e. The quantitative estimate of drug-likeness (QED) is 0.109. The number of fused-ring (bicyclic) bond motifs is 6. The van der Waals surface area contributed by atoms with Crippen molar-refractivity contribution in [2.24, 2.45) is 5.92 Å². The number of ether oxygens (including phenoxy) is 6. The second-order valence-corrected chi connectivity index (χ2v) is 25.3. The van der Waals surface area contributed by atoms with Crippen molar-refractivity contribution in [3.63, 3.8) is 0 Å². The van der Waals surface area contributed by atoms with Crippen LogP contribution in [0.4, 0.5) is 68.2 Å². The van der Waals surface area contributed by atoms with E-state index in [2.05, 4.69) is 56.9 Å². The molecule has 5 aliphatic rings. The lowest BCUT2D eigenvalue weighted by Crippen LogP contribution is -2.30. The molecule has 0 radical (unpaired) electrons. The number of hydrogen-bond donors (Lipinski definition) is 3. The summed E-state index contributed by atoms with van der Waals surface area (Å²) in [6.07, 6.45) is -6.43. The molecule has 506 valence electrons. The Morgan fingerprint density at radius 3 is 1.21 bits per heavy atom. The summed E-state index contributed by atoms with van der Waals surface area (Å²) in [5.74, 6) is 0.803. The molecule has 0 bridgehead atoms. The van der Waals surface area contributed by atoms with Gasteiger partial charge < -0.3 is 54.2 Å². The van der Waals surface area contributed by atoms with Crippen LogP contribution in [0.25, 0.3) is 33.4 Å². The molecule has 28 heteroatoms. The first-order valence-corrected chi connectivity index (χ1v) is 32.2. The van der Waals surface area contributed by atoms with Gasteiger partial charge >= 0.3 is 19.1 Å². The highest BCUT2D eigenvalue weighted by molar-refractivity contribution is 7.91. The van der Waals surface area contributed by atoms with Gasteiger partial charge in [0.15, 0.2) is 27.1 Å². The molecule has 18 nitrogen and oxygen atoms in total. The second-order valence-electron chi connectivity index (χ2n) is 23.0. The molecule has 0 unspecified atom stereocenters. The topological polar surface area (TPSA) is 209 Å². The van der Waals surface area contributed by atoms with Gasteiger partial charge in [-0.2, -0.15) is 0 Å². The van der Waals surface area contributed by atoms with Crippen LogP contribution in [-0.2, 0) is 9.84 Å². The van der Waals surface area contributed by atoms with Crippen molar-refractivity contribution in [2.75, 3.05) is 57.7 Å². The van der Waals surface area contributed by atoms with Crippen LogP contribution >= 0.6 is 0 Å². The third kappa shape index (κ3) is 15.9. The van der Waals surface area contributed by atoms with Gasteiger partial charge in [0.25, 0.3) is 17.7 Å². The van der Waals surface area contributed by atoms with Crippen molar-refractivity contribution in [3.05, 3.63) is 187 Å². The summed E-state index contributed by atoms with van der Waals surface area (Å²) in [5.41, 5.74) is 5.46. The maximum atomic E-state index is 12.9. The highest BCUT2D eigenvalue weighted by Crippen LogP contribution is 2.44. The fourth-order valence-corrected chi connectivity index (χ4v) is 12.3. The summed E-state index contributed by atoms with van der Waals surface area (Å²) >= 11 is 0. The Morgan fingerprint density at radius 1 is 0.459 bits per heavy atom. The number of piperidine rings is 1. The van der Waals surface area contributed by atoms with Crippen molar-refractivity contribution in [1.29, 1.82) is 0 Å². The van der Waals surface area contributed by atoms with E-state index in [4.69, 9.17) is 14.2 Å². The van der Waals surface area contributed by atoms with E-state index in [1.807, 2.05) is 36.4 Å². The Balaban J connectivity index is 0.000000140. The Kier molecular flexibility index (Phi) is 18.6. The number of rotatable bonds is 10. The Bertz CT molecular complexity index is 4510. The number of carbonyl (C=O) groups excluding carboxylic acids is 3. The molecule has 2 saturated heterocycles. The molecule has 7 aromatic carbocycles. The van der Waals surface area contributed by atoms with Crippen molar-refractivity contribution in [2.45, 2.75) is 63.5 Å². The van der Waals surface area contributed by atoms with Crippen LogP contribution in [0.3, 0.4) is 0 Å². The number of sulfone groups is 1. The zero-order chi connectivity index (χ0) is 69.3. The molecule has 5 aliphatic heterocycles. The first-order valence-electron chi connectivity index (χ1n) is 30.5. The summed E-state index contributed by atoms with van der Waals surface area (Å²) in [7, 11) is -3.41. The summed E-state index contributed by atoms with van der Waals surface area (Å²) in [5, 5.41) is 7.75. The molecule has 98 heavy (non-hydrogen) atoms. The van der Waals surface area contributed by atoms with E-state index in [9.17, 15) is 62.3 Å². The third-order valence-electron chi connectivity index (χ3n) is 16.1. The highest BCUT2D eigenvalue weighted by atomic mass is 32.2. The van der Waals surface area contributed by atoms with E-state index in [0.29, 0.717) is 28.5 Å². The molecular weight excluding hydrogens is 1320 g/mol. The van der Waals surface area contributed by atoms with Gasteiger partial charge in [-0.05, 0) is 174 Å². The minimum Gasteiger partial charge on any atom is -0.454 e. The average Bonchev–Trinajstić information content (AvgIpc) is 1.57. The van der Waals surface area contributed by atoms with E-state index < -0.39 is 63.9 Å². The van der Waals surface area contributed by atoms with E-state index in [1.54, 1.807) is 67.8 Å². The van der Waals surface area contributed by atoms with E-state index >= 15 is 0 Å². The van der Waals surface area contributed by atoms with Gasteiger partial charge in [0.2, 0.25) is 0 Å². The van der Waals surface area contributed by atoms with E-state index in [0.717, 1.165) is 116 Å². The number of pyridine rings is 2. The van der Waals surface area contributed by atoms with Gasteiger partial charge in [0.1, 0.15) is 46.1 Å². The molecule has 3 N–H and O–H groups in total. The van der Waals surface area contributed by atoms with Crippen LogP contribution in [0, 0.1) is 5.92 Å². The van der Waals surface area contributed by atoms with E-state index in [-0.39, 0.29) is 67.4 Å². The molecule has 14 rings (SSSR count). The SMILES string of the molecule is CCS(=O)(=O)c1cccc(-c2ccc3c(c2)C(=O)Nc2cc(OC(F)(F)F)ccc2O3)c1.C[C@H]1CCN(c2cc(-c3ccc4c(c3)C(=O)Nc3cc(OC(F)(F)F)ccc3O4)ccn2)C1.O=C1Nc2cc(OC(F)(F)F)ccc2Oc2ccc(-c3ccnc(N4CCCCC4)c3)cc21. The Labute approximate surface area is 553 Å². The van der Waals surface area contributed by atoms with Gasteiger partial charge in [-0.15, -0.1) is 39.5 Å². The normalized spacial score (nSPS) is 15.5. The van der Waals surface area contributed by atoms with E-state index in [1.165, 1.54) is 42.8 Å². The Morgan fingerprint density at radius 2 is 0.837 bits per heavy atom. The fraction of sp³-hybridized carbons (Fsp3) is 0.214. The maximum absolute atomic E-state index is 12.9. The number of nitrogens with one attached hydrogen (secondary N) is 3. The summed E-state index contributed by atoms with van der Waals surface area (Å²) in [4.78, 5) is 52.2. The summed E-state index contributed by atoms with van der Waals surface area (Å²) in [6, 6.07) is 39.7. The second kappa shape index (κ2) is 27.2. The van der Waals surface area contributed by atoms with Crippen LogP contribution in [0.1, 0.15) is 70.6 Å². The van der Waals surface area contributed by atoms with Crippen molar-refractivity contribution in [1.82, 2.24) is 9.97 Å². The van der Waals surface area contributed by atoms with Crippen LogP contribution in [0.15, 0.2) is 175 Å². The molecule has 0 spiro atoms. The number of amides is 3. The molecule has 2 fully saturated rings. The number of alkyl halides is 9. The lowest BCUT2D eigenvalue weighted by atomic mass is 10.0. The van der Waals surface area contributed by atoms with Crippen LogP contribution < -0.4 is 54.2 Å². The molecule has 9 aromatic rings. The molecule has 0 aliphatic carbocycles. The lowest BCUT2D eigenvalue weighted by molar-refractivity contribution is -0.275. The van der Waals surface area contributed by atoms with Gasteiger partial charge in [-0.1, -0.05) is 44.2 Å². The van der Waals surface area contributed by atoms with Gasteiger partial charge in [-0.25, -0.2) is 18.4 Å². The number of anilines is 5. The van der Waals surface area contributed by atoms with Crippen molar-refractivity contribution < 1.29 is 90.7 Å². The maximum Gasteiger partial charge on any atom is 0.573 e. The first-order chi connectivity index (χ1) is 46.7. The zero-order valence-electron chi connectivity index (χ0n) is 51.7. The number of halogens is 9. The number of benzene rings is 7. The molecule has 0 saturated carbocycles. The predicted octanol–water partition coefficient (Wildman–Crippen LogP) is 17.3. The molecule has 3 amide bonds. The number of carbonyl (C=O) groups is 3. The van der Waals surface area contributed by atoms with Gasteiger partial charge in [0.05, 0.1) is 44.4 Å². The largest absolute Gasteiger partial charge is 0.573 e.